The van der Waals surface area contributed by atoms with E-state index < -0.39 is 17.9 Å². The van der Waals surface area contributed by atoms with Crippen molar-refractivity contribution in [2.45, 2.75) is 46.5 Å². The molecule has 1 unspecified atom stereocenters. The molecule has 0 saturated carbocycles. The van der Waals surface area contributed by atoms with E-state index in [0.29, 0.717) is 52.2 Å². The zero-order chi connectivity index (χ0) is 48.7. The Morgan fingerprint density at radius 3 is 1.46 bits per heavy atom. The maximum absolute atomic E-state index is 13.9. The molecule has 9 aromatic rings. The quantitative estimate of drug-likeness (QED) is 0.0872. The van der Waals surface area contributed by atoms with E-state index in [0.717, 1.165) is 66.5 Å². The lowest BCUT2D eigenvalue weighted by molar-refractivity contribution is -0.159. The van der Waals surface area contributed by atoms with Crippen molar-refractivity contribution in [3.63, 3.8) is 0 Å². The zero-order valence-corrected chi connectivity index (χ0v) is 45.0. The first-order valence-electron chi connectivity index (χ1n) is 21.4. The average molecular weight is 1210 g/mol. The second-order valence-corrected chi connectivity index (χ2v) is 20.7. The van der Waals surface area contributed by atoms with Gasteiger partial charge in [0.15, 0.2) is 17.2 Å². The zero-order valence-electron chi connectivity index (χ0n) is 37.1. The number of carbonyl (C=O) groups is 2. The van der Waals surface area contributed by atoms with Crippen LogP contribution in [0.1, 0.15) is 51.7 Å². The molecule has 0 aliphatic heterocycles. The van der Waals surface area contributed by atoms with Crippen molar-refractivity contribution in [1.82, 2.24) is 15.0 Å². The SMILES string of the molecule is Cc1ccc2cc(Oc3c(Cl)cc(CC(=O)OC(=O)CC(c4cc(Br)c(Oc5ccc6nc(C)ccc6c5)c(Br)c4)c4cc(Br)c(Oc5ccc6nc(C)cc(C)c6c5)c(Br)c4)cc3Cl)ccc2n1. The van der Waals surface area contributed by atoms with Crippen LogP contribution in [0.3, 0.4) is 0 Å². The number of benzene rings is 6. The molecule has 9 nitrogen and oxygen atoms in total. The molecule has 0 N–H and O–H groups in total. The molecule has 1 atom stereocenters. The van der Waals surface area contributed by atoms with Crippen LogP contribution in [-0.4, -0.2) is 26.9 Å². The maximum atomic E-state index is 13.9. The van der Waals surface area contributed by atoms with Crippen LogP contribution < -0.4 is 14.2 Å². The van der Waals surface area contributed by atoms with Crippen molar-refractivity contribution < 1.29 is 28.5 Å². The summed E-state index contributed by atoms with van der Waals surface area (Å²) < 4.78 is 26.9. The first kappa shape index (κ1) is 48.6. The molecule has 0 radical (unpaired) electrons. The Bertz CT molecular complexity index is 3490. The molecule has 0 amide bonds. The number of ether oxygens (including phenoxy) is 4. The minimum absolute atomic E-state index is 0.182. The standard InChI is InChI=1S/C54H37Br4Cl2N3O6/c1-27-15-30(4)63-49-14-11-38(25-39(27)49)67-53-43(57)23-35(24-44(53)58)40(34-21-41(55)52(42(56)22-34)66-36-9-12-47-32(19-36)7-5-28(2)61-47)26-51(65)69-50(64)18-31-16-45(59)54(46(60)17-31)68-37-10-13-48-33(20-37)8-6-29(3)62-48/h5-17,19-25,40H,18,26H2,1-4H3. The van der Waals surface area contributed by atoms with Gasteiger partial charge in [0.25, 0.3) is 0 Å². The third-order valence-corrected chi connectivity index (χ3v) is 14.1. The number of esters is 2. The van der Waals surface area contributed by atoms with E-state index >= 15 is 0 Å². The topological polar surface area (TPSA) is 110 Å². The predicted molar refractivity (Wildman–Crippen MR) is 286 cm³/mol. The van der Waals surface area contributed by atoms with E-state index in [1.165, 1.54) is 0 Å². The normalized spacial score (nSPS) is 11.8. The summed E-state index contributed by atoms with van der Waals surface area (Å²) in [5.41, 5.74) is 8.29. The first-order valence-corrected chi connectivity index (χ1v) is 25.3. The lowest BCUT2D eigenvalue weighted by atomic mass is 9.88. The number of carbonyl (C=O) groups excluding carboxylic acids is 2. The Labute approximate surface area is 441 Å². The fraction of sp³-hybridized carbons (Fsp3) is 0.130. The van der Waals surface area contributed by atoms with E-state index in [-0.39, 0.29) is 28.6 Å². The molecular weight excluding hydrogens is 1180 g/mol. The predicted octanol–water partition coefficient (Wildman–Crippen LogP) is 17.1. The van der Waals surface area contributed by atoms with E-state index in [2.05, 4.69) is 78.7 Å². The molecule has 346 valence electrons. The van der Waals surface area contributed by atoms with E-state index in [1.807, 2.05) is 131 Å². The van der Waals surface area contributed by atoms with Crippen molar-refractivity contribution in [1.29, 1.82) is 0 Å². The van der Waals surface area contributed by atoms with Gasteiger partial charge in [-0.2, -0.15) is 0 Å². The third kappa shape index (κ3) is 11.1. The number of hydrogen-bond donors (Lipinski definition) is 0. The Balaban J connectivity index is 0.971. The van der Waals surface area contributed by atoms with Gasteiger partial charge in [0.1, 0.15) is 17.2 Å². The summed E-state index contributed by atoms with van der Waals surface area (Å²) in [6.07, 6.45) is -0.496. The van der Waals surface area contributed by atoms with Crippen molar-refractivity contribution >= 4 is 132 Å². The molecule has 3 heterocycles. The van der Waals surface area contributed by atoms with Gasteiger partial charge in [-0.3, -0.25) is 24.5 Å². The second-order valence-electron chi connectivity index (χ2n) is 16.5. The van der Waals surface area contributed by atoms with Crippen LogP contribution in [0.25, 0.3) is 32.7 Å². The summed E-state index contributed by atoms with van der Waals surface area (Å²) in [6.45, 7) is 7.89. The van der Waals surface area contributed by atoms with Gasteiger partial charge >= 0.3 is 11.9 Å². The van der Waals surface area contributed by atoms with Gasteiger partial charge in [-0.05, 0) is 223 Å². The lowest BCUT2D eigenvalue weighted by Gasteiger charge is -2.21. The highest BCUT2D eigenvalue weighted by atomic mass is 79.9. The number of halogens is 6. The molecule has 0 aliphatic carbocycles. The van der Waals surface area contributed by atoms with Gasteiger partial charge in [0.05, 0.1) is 57.3 Å². The van der Waals surface area contributed by atoms with Crippen LogP contribution in [-0.2, 0) is 20.7 Å². The van der Waals surface area contributed by atoms with Gasteiger partial charge in [0, 0.05) is 39.2 Å². The van der Waals surface area contributed by atoms with Crippen LogP contribution in [0.2, 0.25) is 10.0 Å². The molecule has 9 rings (SSSR count). The second kappa shape index (κ2) is 20.5. The summed E-state index contributed by atoms with van der Waals surface area (Å²) in [5, 5.41) is 3.17. The lowest BCUT2D eigenvalue weighted by Crippen LogP contribution is -2.18. The molecule has 0 aliphatic rings. The van der Waals surface area contributed by atoms with Gasteiger partial charge in [0.2, 0.25) is 0 Å². The monoisotopic (exact) mass is 1210 g/mol. The Morgan fingerprint density at radius 1 is 0.507 bits per heavy atom. The van der Waals surface area contributed by atoms with E-state index in [9.17, 15) is 9.59 Å². The average Bonchev–Trinajstić information content (AvgIpc) is 3.29. The summed E-state index contributed by atoms with van der Waals surface area (Å²) >= 11 is 28.3. The molecule has 0 spiro atoms. The number of nitrogens with zero attached hydrogens (tertiary/aromatic N) is 3. The van der Waals surface area contributed by atoms with Crippen molar-refractivity contribution in [3.05, 3.63) is 189 Å². The molecule has 3 aromatic heterocycles. The summed E-state index contributed by atoms with van der Waals surface area (Å²) in [7, 11) is 0. The number of hydrogen-bond acceptors (Lipinski definition) is 9. The maximum Gasteiger partial charge on any atom is 0.317 e. The molecule has 0 bridgehead atoms. The highest BCUT2D eigenvalue weighted by Gasteiger charge is 2.26. The number of fused-ring (bicyclic) bond motifs is 3. The third-order valence-electron chi connectivity index (χ3n) is 11.2. The first-order chi connectivity index (χ1) is 33.0. The number of rotatable bonds is 12. The molecule has 6 aromatic carbocycles. The van der Waals surface area contributed by atoms with Crippen LogP contribution >= 0.6 is 86.9 Å². The Hall–Kier alpha value is -5.41. The van der Waals surface area contributed by atoms with Crippen LogP contribution in [0, 0.1) is 27.7 Å². The number of aromatic nitrogens is 3. The summed E-state index contributed by atoms with van der Waals surface area (Å²) in [5.74, 6) is 0.846. The van der Waals surface area contributed by atoms with Gasteiger partial charge < -0.3 is 18.9 Å². The fourth-order valence-electron chi connectivity index (χ4n) is 8.03. The Morgan fingerprint density at radius 2 is 0.957 bits per heavy atom. The van der Waals surface area contributed by atoms with Crippen molar-refractivity contribution in [2.75, 3.05) is 0 Å². The van der Waals surface area contributed by atoms with Crippen LogP contribution in [0.15, 0.2) is 139 Å². The van der Waals surface area contributed by atoms with E-state index in [1.54, 1.807) is 18.2 Å². The fourth-order valence-corrected chi connectivity index (χ4v) is 11.4. The van der Waals surface area contributed by atoms with Gasteiger partial charge in [-0.15, -0.1) is 0 Å². The largest absolute Gasteiger partial charge is 0.455 e. The van der Waals surface area contributed by atoms with Gasteiger partial charge in [-0.25, -0.2) is 0 Å². The number of pyridine rings is 3. The van der Waals surface area contributed by atoms with Crippen molar-refractivity contribution in [3.8, 4) is 34.5 Å². The number of aryl methyl sites for hydroxylation is 4. The molecule has 15 heteroatoms. The minimum atomic E-state index is -0.786. The van der Waals surface area contributed by atoms with Crippen LogP contribution in [0.5, 0.6) is 34.5 Å². The van der Waals surface area contributed by atoms with E-state index in [4.69, 9.17) is 42.1 Å². The molecule has 0 fully saturated rings. The minimum Gasteiger partial charge on any atom is -0.455 e. The molecule has 0 saturated heterocycles. The van der Waals surface area contributed by atoms with Crippen LogP contribution in [0.4, 0.5) is 0 Å². The smallest absolute Gasteiger partial charge is 0.317 e. The summed E-state index contributed by atoms with van der Waals surface area (Å²) in [4.78, 5) is 41.2. The Kier molecular flexibility index (Phi) is 14.4. The summed E-state index contributed by atoms with van der Waals surface area (Å²) in [6, 6.07) is 37.5. The molecular formula is C54H37Br4Cl2N3O6. The molecule has 69 heavy (non-hydrogen) atoms. The van der Waals surface area contributed by atoms with Crippen molar-refractivity contribution in [2.24, 2.45) is 0 Å². The highest BCUT2D eigenvalue weighted by Crippen LogP contribution is 2.46. The van der Waals surface area contributed by atoms with Gasteiger partial charge in [-0.1, -0.05) is 35.3 Å². The highest BCUT2D eigenvalue weighted by molar-refractivity contribution is 9.11.